The van der Waals surface area contributed by atoms with Gasteiger partial charge in [0.1, 0.15) is 11.0 Å². The van der Waals surface area contributed by atoms with Crippen molar-refractivity contribution in [3.8, 4) is 0 Å². The van der Waals surface area contributed by atoms with E-state index in [1.807, 2.05) is 13.0 Å². The van der Waals surface area contributed by atoms with Gasteiger partial charge < -0.3 is 0 Å². The molecule has 1 aromatic heterocycles. The molecule has 2 aromatic rings. The lowest BCUT2D eigenvalue weighted by Gasteiger charge is -1.97. The molecular formula is C8H9N3O2S. The fourth-order valence-corrected chi connectivity index (χ4v) is 1.98. The topological polar surface area (TPSA) is 64.8 Å². The summed E-state index contributed by atoms with van der Waals surface area (Å²) in [7, 11) is -3.36. The van der Waals surface area contributed by atoms with Gasteiger partial charge in [0.25, 0.3) is 10.0 Å². The van der Waals surface area contributed by atoms with Crippen LogP contribution in [0.25, 0.3) is 11.0 Å². The minimum absolute atomic E-state index is 0.521. The Hall–Kier alpha value is -1.43. The highest BCUT2D eigenvalue weighted by molar-refractivity contribution is 7.89. The second kappa shape index (κ2) is 2.78. The van der Waals surface area contributed by atoms with Crippen molar-refractivity contribution in [3.63, 3.8) is 0 Å². The molecule has 0 saturated heterocycles. The minimum Gasteiger partial charge on any atom is -0.205 e. The lowest BCUT2D eigenvalue weighted by molar-refractivity contribution is 0.586. The second-order valence-electron chi connectivity index (χ2n) is 3.14. The molecule has 74 valence electrons. The van der Waals surface area contributed by atoms with Crippen LogP contribution in [0, 0.1) is 6.92 Å². The zero-order chi connectivity index (χ0) is 10.3. The highest BCUT2D eigenvalue weighted by Gasteiger charge is 2.13. The number of fused-ring (bicyclic) bond motifs is 1. The summed E-state index contributed by atoms with van der Waals surface area (Å²) in [5.74, 6) is 0. The van der Waals surface area contributed by atoms with Crippen molar-refractivity contribution in [2.24, 2.45) is 0 Å². The highest BCUT2D eigenvalue weighted by atomic mass is 32.2. The molecule has 0 atom stereocenters. The van der Waals surface area contributed by atoms with E-state index < -0.39 is 10.0 Å². The van der Waals surface area contributed by atoms with Gasteiger partial charge in [0.2, 0.25) is 0 Å². The van der Waals surface area contributed by atoms with Crippen molar-refractivity contribution in [2.45, 2.75) is 6.92 Å². The number of benzene rings is 1. The lowest BCUT2D eigenvalue weighted by atomic mass is 10.2. The van der Waals surface area contributed by atoms with Crippen LogP contribution in [0.3, 0.4) is 0 Å². The van der Waals surface area contributed by atoms with E-state index >= 15 is 0 Å². The van der Waals surface area contributed by atoms with E-state index in [-0.39, 0.29) is 0 Å². The predicted molar refractivity (Wildman–Crippen MR) is 52.5 cm³/mol. The molecule has 0 aliphatic heterocycles. The fraction of sp³-hybridized carbons (Fsp3) is 0.250. The van der Waals surface area contributed by atoms with Gasteiger partial charge in [0, 0.05) is 0 Å². The van der Waals surface area contributed by atoms with E-state index in [9.17, 15) is 8.42 Å². The van der Waals surface area contributed by atoms with Gasteiger partial charge in [0.05, 0.1) is 6.26 Å². The average Bonchev–Trinajstić information content (AvgIpc) is 2.47. The molecule has 0 aliphatic rings. The summed E-state index contributed by atoms with van der Waals surface area (Å²) in [5, 5.41) is 7.42. The van der Waals surface area contributed by atoms with E-state index in [2.05, 4.69) is 10.3 Å². The SMILES string of the molecule is Cc1cccc2c1nnn2S(C)(=O)=O. The lowest BCUT2D eigenvalue weighted by Crippen LogP contribution is -2.11. The molecule has 0 spiro atoms. The Balaban J connectivity index is 2.90. The van der Waals surface area contributed by atoms with E-state index in [1.165, 1.54) is 0 Å². The van der Waals surface area contributed by atoms with Crippen LogP contribution >= 0.6 is 0 Å². The van der Waals surface area contributed by atoms with Gasteiger partial charge in [0.15, 0.2) is 0 Å². The van der Waals surface area contributed by atoms with Crippen LogP contribution in [0.4, 0.5) is 0 Å². The van der Waals surface area contributed by atoms with E-state index in [4.69, 9.17) is 0 Å². The maximum Gasteiger partial charge on any atom is 0.252 e. The van der Waals surface area contributed by atoms with Crippen LogP contribution in [-0.2, 0) is 10.0 Å². The molecule has 0 unspecified atom stereocenters. The summed E-state index contributed by atoms with van der Waals surface area (Å²) in [5.41, 5.74) is 2.06. The number of nitrogens with zero attached hydrogens (tertiary/aromatic N) is 3. The van der Waals surface area contributed by atoms with Gasteiger partial charge in [-0.05, 0) is 18.6 Å². The van der Waals surface area contributed by atoms with Gasteiger partial charge in [-0.3, -0.25) is 0 Å². The summed E-state index contributed by atoms with van der Waals surface area (Å²) in [6.45, 7) is 1.86. The molecule has 5 nitrogen and oxygen atoms in total. The van der Waals surface area contributed by atoms with Crippen LogP contribution in [0.1, 0.15) is 5.56 Å². The summed E-state index contributed by atoms with van der Waals surface area (Å²) < 4.78 is 23.5. The molecule has 0 amide bonds. The van der Waals surface area contributed by atoms with Crippen molar-refractivity contribution in [1.82, 2.24) is 14.4 Å². The molecule has 14 heavy (non-hydrogen) atoms. The summed E-state index contributed by atoms with van der Waals surface area (Å²) in [4.78, 5) is 0. The number of aryl methyl sites for hydroxylation is 1. The van der Waals surface area contributed by atoms with Crippen LogP contribution < -0.4 is 0 Å². The standard InChI is InChI=1S/C8H9N3O2S/c1-6-4-3-5-7-8(6)9-10-11(7)14(2,12)13/h3-5H,1-2H3. The first kappa shape index (κ1) is 9.14. The van der Waals surface area contributed by atoms with Crippen LogP contribution in [0.15, 0.2) is 18.2 Å². The van der Waals surface area contributed by atoms with Gasteiger partial charge in [-0.25, -0.2) is 8.42 Å². The summed E-state index contributed by atoms with van der Waals surface area (Å²) >= 11 is 0. The van der Waals surface area contributed by atoms with E-state index in [0.29, 0.717) is 11.0 Å². The van der Waals surface area contributed by atoms with Crippen molar-refractivity contribution < 1.29 is 8.42 Å². The third-order valence-corrected chi connectivity index (χ3v) is 2.86. The third-order valence-electron chi connectivity index (χ3n) is 1.96. The van der Waals surface area contributed by atoms with Crippen LogP contribution in [0.5, 0.6) is 0 Å². The number of hydrogen-bond donors (Lipinski definition) is 0. The minimum atomic E-state index is -3.36. The summed E-state index contributed by atoms with van der Waals surface area (Å²) in [6, 6.07) is 5.33. The molecule has 0 bridgehead atoms. The van der Waals surface area contributed by atoms with Crippen molar-refractivity contribution in [2.75, 3.05) is 6.26 Å². The first-order chi connectivity index (χ1) is 6.50. The fourth-order valence-electron chi connectivity index (χ4n) is 1.31. The zero-order valence-electron chi connectivity index (χ0n) is 7.80. The van der Waals surface area contributed by atoms with Gasteiger partial charge in [-0.1, -0.05) is 17.3 Å². The Bertz CT molecular complexity index is 586. The molecule has 0 fully saturated rings. The molecule has 0 saturated carbocycles. The zero-order valence-corrected chi connectivity index (χ0v) is 8.61. The molecule has 1 heterocycles. The molecule has 1 aromatic carbocycles. The first-order valence-corrected chi connectivity index (χ1v) is 5.86. The maximum atomic E-state index is 11.3. The van der Waals surface area contributed by atoms with Gasteiger partial charge >= 0.3 is 0 Å². The quantitative estimate of drug-likeness (QED) is 0.690. The molecule has 0 radical (unpaired) electrons. The molecule has 0 N–H and O–H groups in total. The normalized spacial score (nSPS) is 12.1. The van der Waals surface area contributed by atoms with Gasteiger partial charge in [-0.2, -0.15) is 0 Å². The van der Waals surface area contributed by atoms with E-state index in [0.717, 1.165) is 15.9 Å². The Morgan fingerprint density at radius 1 is 1.36 bits per heavy atom. The maximum absolute atomic E-state index is 11.3. The Morgan fingerprint density at radius 3 is 2.71 bits per heavy atom. The summed E-state index contributed by atoms with van der Waals surface area (Å²) in [6.07, 6.45) is 1.10. The number of rotatable bonds is 1. The van der Waals surface area contributed by atoms with Crippen molar-refractivity contribution in [3.05, 3.63) is 23.8 Å². The van der Waals surface area contributed by atoms with E-state index in [1.54, 1.807) is 12.1 Å². The van der Waals surface area contributed by atoms with Gasteiger partial charge in [-0.15, -0.1) is 9.19 Å². The predicted octanol–water partition coefficient (Wildman–Crippen LogP) is 0.547. The Kier molecular flexibility index (Phi) is 1.81. The first-order valence-electron chi connectivity index (χ1n) is 4.02. The third kappa shape index (κ3) is 1.27. The molecular weight excluding hydrogens is 202 g/mol. The van der Waals surface area contributed by atoms with Crippen molar-refractivity contribution in [1.29, 1.82) is 0 Å². The molecule has 0 aliphatic carbocycles. The largest absolute Gasteiger partial charge is 0.252 e. The van der Waals surface area contributed by atoms with Crippen LogP contribution in [-0.4, -0.2) is 29.1 Å². The number of hydrogen-bond acceptors (Lipinski definition) is 4. The average molecular weight is 211 g/mol. The van der Waals surface area contributed by atoms with Crippen molar-refractivity contribution >= 4 is 21.1 Å². The van der Waals surface area contributed by atoms with Crippen LogP contribution in [0.2, 0.25) is 0 Å². The smallest absolute Gasteiger partial charge is 0.205 e. The molecule has 6 heteroatoms. The monoisotopic (exact) mass is 211 g/mol. The Morgan fingerprint density at radius 2 is 2.07 bits per heavy atom. The molecule has 2 rings (SSSR count). The number of aromatic nitrogens is 3. The Labute approximate surface area is 81.4 Å². The highest BCUT2D eigenvalue weighted by Crippen LogP contribution is 2.15. The second-order valence-corrected chi connectivity index (χ2v) is 4.95.